The number of ether oxygens (including phenoxy) is 2. The lowest BCUT2D eigenvalue weighted by Crippen LogP contribution is -2.66. The predicted molar refractivity (Wildman–Crippen MR) is 79.4 cm³/mol. The van der Waals surface area contributed by atoms with Gasteiger partial charge in [0.15, 0.2) is 5.58 Å². The van der Waals surface area contributed by atoms with Crippen molar-refractivity contribution in [3.8, 4) is 0 Å². The number of fused-ring (bicyclic) bond motifs is 1. The van der Waals surface area contributed by atoms with E-state index in [9.17, 15) is 0 Å². The van der Waals surface area contributed by atoms with Crippen LogP contribution in [0.2, 0.25) is 0 Å². The number of hydrogen-bond donors (Lipinski definition) is 1. The minimum absolute atomic E-state index is 0.187. The van der Waals surface area contributed by atoms with E-state index in [0.717, 1.165) is 43.6 Å². The lowest BCUT2D eigenvalue weighted by molar-refractivity contribution is -0.184. The molecular weight excluding hydrogens is 268 g/mol. The Bertz CT molecular complexity index is 600. The number of hydrogen-bond acceptors (Lipinski definition) is 5. The van der Waals surface area contributed by atoms with E-state index in [2.05, 4.69) is 10.3 Å². The molecule has 2 aromatic rings. The number of oxazole rings is 1. The van der Waals surface area contributed by atoms with E-state index in [1.165, 1.54) is 0 Å². The molecule has 5 heteroatoms. The van der Waals surface area contributed by atoms with Gasteiger partial charge >= 0.3 is 0 Å². The molecule has 1 saturated carbocycles. The molecule has 1 aromatic heterocycles. The highest BCUT2D eigenvalue weighted by Crippen LogP contribution is 2.47. The zero-order valence-corrected chi connectivity index (χ0v) is 12.2. The Balaban J connectivity index is 1.54. The van der Waals surface area contributed by atoms with Crippen LogP contribution in [0.1, 0.15) is 26.2 Å². The van der Waals surface area contributed by atoms with Crippen molar-refractivity contribution in [2.45, 2.75) is 43.9 Å². The van der Waals surface area contributed by atoms with Crippen LogP contribution in [-0.4, -0.2) is 35.9 Å². The van der Waals surface area contributed by atoms with E-state index < -0.39 is 0 Å². The normalized spacial score (nSPS) is 31.7. The number of benzene rings is 1. The van der Waals surface area contributed by atoms with Crippen LogP contribution in [0.5, 0.6) is 0 Å². The molecule has 3 atom stereocenters. The third-order valence-corrected chi connectivity index (χ3v) is 4.63. The van der Waals surface area contributed by atoms with Gasteiger partial charge in [-0.3, -0.25) is 0 Å². The first-order chi connectivity index (χ1) is 10.3. The maximum Gasteiger partial charge on any atom is 0.296 e. The summed E-state index contributed by atoms with van der Waals surface area (Å²) in [4.78, 5) is 4.49. The Morgan fingerprint density at radius 2 is 2.33 bits per heavy atom. The van der Waals surface area contributed by atoms with Crippen LogP contribution < -0.4 is 5.32 Å². The minimum Gasteiger partial charge on any atom is -0.424 e. The highest BCUT2D eigenvalue weighted by Gasteiger charge is 2.59. The van der Waals surface area contributed by atoms with Crippen molar-refractivity contribution in [3.63, 3.8) is 0 Å². The van der Waals surface area contributed by atoms with Gasteiger partial charge in [0.25, 0.3) is 6.01 Å². The van der Waals surface area contributed by atoms with Crippen LogP contribution in [0.25, 0.3) is 11.1 Å². The molecule has 2 heterocycles. The molecule has 0 amide bonds. The quantitative estimate of drug-likeness (QED) is 0.937. The van der Waals surface area contributed by atoms with Crippen molar-refractivity contribution >= 4 is 17.1 Å². The maximum atomic E-state index is 6.04. The highest BCUT2D eigenvalue weighted by molar-refractivity contribution is 5.74. The highest BCUT2D eigenvalue weighted by atomic mass is 16.6. The molecule has 0 bridgehead atoms. The Labute approximate surface area is 123 Å². The zero-order chi connectivity index (χ0) is 14.3. The van der Waals surface area contributed by atoms with Crippen molar-refractivity contribution in [3.05, 3.63) is 24.3 Å². The van der Waals surface area contributed by atoms with Gasteiger partial charge in [-0.05, 0) is 38.3 Å². The van der Waals surface area contributed by atoms with Gasteiger partial charge in [-0.15, -0.1) is 0 Å². The molecule has 1 N–H and O–H groups in total. The summed E-state index contributed by atoms with van der Waals surface area (Å²) in [6, 6.07) is 8.59. The molecule has 1 saturated heterocycles. The monoisotopic (exact) mass is 288 g/mol. The largest absolute Gasteiger partial charge is 0.424 e. The first-order valence-corrected chi connectivity index (χ1v) is 7.69. The van der Waals surface area contributed by atoms with Gasteiger partial charge in [0.05, 0.1) is 12.1 Å². The Hall–Kier alpha value is -1.59. The van der Waals surface area contributed by atoms with Crippen LogP contribution in [0.15, 0.2) is 28.7 Å². The fourth-order valence-corrected chi connectivity index (χ4v) is 3.56. The van der Waals surface area contributed by atoms with Crippen LogP contribution in [0.3, 0.4) is 0 Å². The van der Waals surface area contributed by atoms with Gasteiger partial charge in [-0.1, -0.05) is 12.1 Å². The van der Waals surface area contributed by atoms with Crippen LogP contribution in [0, 0.1) is 0 Å². The summed E-state index contributed by atoms with van der Waals surface area (Å²) in [6.45, 7) is 3.57. The molecule has 112 valence electrons. The molecular formula is C16H20N2O3. The van der Waals surface area contributed by atoms with Gasteiger partial charge in [-0.25, -0.2) is 0 Å². The number of aromatic nitrogens is 1. The third kappa shape index (κ3) is 2.03. The smallest absolute Gasteiger partial charge is 0.296 e. The first-order valence-electron chi connectivity index (χ1n) is 7.69. The fraction of sp³-hybridized carbons (Fsp3) is 0.562. The van der Waals surface area contributed by atoms with E-state index >= 15 is 0 Å². The van der Waals surface area contributed by atoms with E-state index in [4.69, 9.17) is 13.9 Å². The molecule has 1 aromatic carbocycles. The van der Waals surface area contributed by atoms with Crippen molar-refractivity contribution in [2.24, 2.45) is 0 Å². The van der Waals surface area contributed by atoms with E-state index in [1.807, 2.05) is 31.2 Å². The van der Waals surface area contributed by atoms with Crippen molar-refractivity contribution in [2.75, 3.05) is 18.5 Å². The molecule has 21 heavy (non-hydrogen) atoms. The van der Waals surface area contributed by atoms with Gasteiger partial charge in [-0.2, -0.15) is 4.98 Å². The zero-order valence-electron chi connectivity index (χ0n) is 12.2. The van der Waals surface area contributed by atoms with Crippen molar-refractivity contribution in [1.29, 1.82) is 0 Å². The number of rotatable bonds is 4. The second kappa shape index (κ2) is 5.00. The van der Waals surface area contributed by atoms with Crippen LogP contribution in [0.4, 0.5) is 6.01 Å². The Morgan fingerprint density at radius 3 is 3.10 bits per heavy atom. The fourth-order valence-electron chi connectivity index (χ4n) is 3.56. The molecule has 0 radical (unpaired) electrons. The average Bonchev–Trinajstić information content (AvgIpc) is 3.14. The summed E-state index contributed by atoms with van der Waals surface area (Å²) in [7, 11) is 0. The van der Waals surface area contributed by atoms with Crippen molar-refractivity contribution < 1.29 is 13.9 Å². The van der Waals surface area contributed by atoms with Gasteiger partial charge in [0.2, 0.25) is 0 Å². The van der Waals surface area contributed by atoms with E-state index in [1.54, 1.807) is 0 Å². The lowest BCUT2D eigenvalue weighted by Gasteiger charge is -2.52. The summed E-state index contributed by atoms with van der Waals surface area (Å²) in [6.07, 6.45) is 3.25. The topological polar surface area (TPSA) is 56.5 Å². The Morgan fingerprint density at radius 1 is 1.43 bits per heavy atom. The first kappa shape index (κ1) is 13.1. The number of para-hydroxylation sites is 2. The standard InChI is InChI=1S/C16H20N2O3/c1-2-19-14-10-13(16(14)8-5-9-20-16)18-15-17-11-6-3-4-7-12(11)21-15/h3-4,6-7,13-14H,2,5,8-10H2,1H3,(H,17,18)/t13-,14+,16-/m0/s1. The third-order valence-electron chi connectivity index (χ3n) is 4.63. The summed E-state index contributed by atoms with van der Waals surface area (Å²) < 4.78 is 17.6. The average molecular weight is 288 g/mol. The number of anilines is 1. The molecule has 2 fully saturated rings. The molecule has 1 aliphatic carbocycles. The maximum absolute atomic E-state index is 6.04. The molecule has 2 aliphatic rings. The molecule has 4 rings (SSSR count). The predicted octanol–water partition coefficient (Wildman–Crippen LogP) is 2.97. The Kier molecular flexibility index (Phi) is 3.12. The second-order valence-electron chi connectivity index (χ2n) is 5.77. The minimum atomic E-state index is -0.198. The molecule has 1 spiro atoms. The number of nitrogens with zero attached hydrogens (tertiary/aromatic N) is 1. The van der Waals surface area contributed by atoms with Crippen molar-refractivity contribution in [1.82, 2.24) is 4.98 Å². The summed E-state index contributed by atoms with van der Waals surface area (Å²) in [5.41, 5.74) is 1.49. The van der Waals surface area contributed by atoms with Gasteiger partial charge in [0.1, 0.15) is 11.1 Å². The lowest BCUT2D eigenvalue weighted by atomic mass is 9.70. The number of nitrogens with one attached hydrogen (secondary N) is 1. The van der Waals surface area contributed by atoms with Crippen LogP contribution in [-0.2, 0) is 9.47 Å². The SMILES string of the molecule is CCO[C@@H]1C[C@H](Nc2nc3ccccc3o2)[C@@]12CCCO2. The summed E-state index contributed by atoms with van der Waals surface area (Å²) in [5, 5.41) is 3.41. The molecule has 0 unspecified atom stereocenters. The summed E-state index contributed by atoms with van der Waals surface area (Å²) in [5.74, 6) is 0. The van der Waals surface area contributed by atoms with E-state index in [-0.39, 0.29) is 17.7 Å². The van der Waals surface area contributed by atoms with Crippen LogP contribution >= 0.6 is 0 Å². The second-order valence-corrected chi connectivity index (χ2v) is 5.77. The molecule has 5 nitrogen and oxygen atoms in total. The van der Waals surface area contributed by atoms with Gasteiger partial charge in [0, 0.05) is 13.2 Å². The molecule has 1 aliphatic heterocycles. The summed E-state index contributed by atoms with van der Waals surface area (Å²) >= 11 is 0. The van der Waals surface area contributed by atoms with Gasteiger partial charge < -0.3 is 19.2 Å². The van der Waals surface area contributed by atoms with E-state index in [0.29, 0.717) is 6.01 Å².